The normalized spacial score (nSPS) is 20.5. The molecule has 1 nitrogen and oxygen atoms in total. The van der Waals surface area contributed by atoms with Gasteiger partial charge in [0.2, 0.25) is 0 Å². The third kappa shape index (κ3) is 5.20. The molecule has 1 fully saturated rings. The average molecular weight is 254 g/mol. The standard InChI is InChI=1S/C15H26OS/c1-4-14(12-8-9-13(2)3)17(16)15-10-6-5-7-11-15/h4,12-13,15H,1,5-11H2,2-3H3/b14-12+. The highest BCUT2D eigenvalue weighted by Gasteiger charge is 2.21. The van der Waals surface area contributed by atoms with Crippen molar-refractivity contribution < 1.29 is 4.21 Å². The molecule has 1 rings (SSSR count). The molecule has 2 heteroatoms. The first-order valence-electron chi connectivity index (χ1n) is 6.88. The minimum absolute atomic E-state index is 0.382. The van der Waals surface area contributed by atoms with E-state index < -0.39 is 10.8 Å². The summed E-state index contributed by atoms with van der Waals surface area (Å²) in [5, 5.41) is 0.382. The SMILES string of the molecule is C=C/C(=C\CCC(C)C)S(=O)C1CCCCC1. The van der Waals surface area contributed by atoms with Gasteiger partial charge in [-0.1, -0.05) is 51.8 Å². The lowest BCUT2D eigenvalue weighted by Gasteiger charge is -2.21. The molecule has 17 heavy (non-hydrogen) atoms. The second-order valence-electron chi connectivity index (χ2n) is 5.34. The first-order valence-corrected chi connectivity index (χ1v) is 8.09. The van der Waals surface area contributed by atoms with E-state index >= 15 is 0 Å². The molecule has 1 aliphatic carbocycles. The van der Waals surface area contributed by atoms with Crippen molar-refractivity contribution in [2.24, 2.45) is 5.92 Å². The van der Waals surface area contributed by atoms with Gasteiger partial charge in [0.25, 0.3) is 0 Å². The van der Waals surface area contributed by atoms with Gasteiger partial charge in [-0.25, -0.2) is 0 Å². The Balaban J connectivity index is 2.53. The number of hydrogen-bond donors (Lipinski definition) is 0. The highest BCUT2D eigenvalue weighted by Crippen LogP contribution is 2.25. The molecule has 98 valence electrons. The Hall–Kier alpha value is -0.370. The summed E-state index contributed by atoms with van der Waals surface area (Å²) in [5.74, 6) is 0.709. The fraction of sp³-hybridized carbons (Fsp3) is 0.733. The lowest BCUT2D eigenvalue weighted by atomic mass is 10.0. The van der Waals surface area contributed by atoms with Crippen LogP contribution < -0.4 is 0 Å². The van der Waals surface area contributed by atoms with Gasteiger partial charge in [0.15, 0.2) is 0 Å². The van der Waals surface area contributed by atoms with Crippen molar-refractivity contribution in [3.8, 4) is 0 Å². The van der Waals surface area contributed by atoms with E-state index in [4.69, 9.17) is 0 Å². The molecule has 0 saturated heterocycles. The molecule has 0 N–H and O–H groups in total. The minimum Gasteiger partial charge on any atom is -0.254 e. The molecule has 0 bridgehead atoms. The van der Waals surface area contributed by atoms with E-state index in [1.165, 1.54) is 25.7 Å². The maximum atomic E-state index is 12.4. The summed E-state index contributed by atoms with van der Waals surface area (Å²) in [5.41, 5.74) is 0. The molecule has 0 spiro atoms. The van der Waals surface area contributed by atoms with E-state index in [0.717, 1.165) is 24.2 Å². The summed E-state index contributed by atoms with van der Waals surface area (Å²) in [6.45, 7) is 8.26. The Morgan fingerprint density at radius 1 is 1.35 bits per heavy atom. The lowest BCUT2D eigenvalue weighted by Crippen LogP contribution is -2.19. The predicted octanol–water partition coefficient (Wildman–Crippen LogP) is 4.57. The van der Waals surface area contributed by atoms with Gasteiger partial charge in [-0.15, -0.1) is 0 Å². The molecule has 0 aromatic carbocycles. The second kappa shape index (κ2) is 7.86. The summed E-state index contributed by atoms with van der Waals surface area (Å²) in [6, 6.07) is 0. The van der Waals surface area contributed by atoms with Crippen LogP contribution in [-0.2, 0) is 10.8 Å². The molecule has 0 aromatic heterocycles. The Morgan fingerprint density at radius 3 is 2.53 bits per heavy atom. The van der Waals surface area contributed by atoms with Crippen LogP contribution in [0.4, 0.5) is 0 Å². The van der Waals surface area contributed by atoms with Crippen molar-refractivity contribution in [2.75, 3.05) is 0 Å². The number of rotatable bonds is 6. The van der Waals surface area contributed by atoms with E-state index in [0.29, 0.717) is 11.2 Å². The van der Waals surface area contributed by atoms with Crippen LogP contribution in [0.25, 0.3) is 0 Å². The third-order valence-electron chi connectivity index (χ3n) is 3.38. The molecule has 0 aromatic rings. The van der Waals surface area contributed by atoms with Crippen molar-refractivity contribution >= 4 is 10.8 Å². The van der Waals surface area contributed by atoms with Gasteiger partial charge >= 0.3 is 0 Å². The van der Waals surface area contributed by atoms with E-state index in [9.17, 15) is 4.21 Å². The highest BCUT2D eigenvalue weighted by atomic mass is 32.2. The largest absolute Gasteiger partial charge is 0.254 e. The van der Waals surface area contributed by atoms with Crippen molar-refractivity contribution in [3.05, 3.63) is 23.6 Å². The monoisotopic (exact) mass is 254 g/mol. The maximum absolute atomic E-state index is 12.4. The Morgan fingerprint density at radius 2 is 2.00 bits per heavy atom. The van der Waals surface area contributed by atoms with Crippen LogP contribution >= 0.6 is 0 Å². The molecule has 1 atom stereocenters. The summed E-state index contributed by atoms with van der Waals surface area (Å²) in [6.07, 6.45) is 12.2. The van der Waals surface area contributed by atoms with Gasteiger partial charge in [-0.3, -0.25) is 4.21 Å². The predicted molar refractivity (Wildman–Crippen MR) is 77.4 cm³/mol. The summed E-state index contributed by atoms with van der Waals surface area (Å²) >= 11 is 0. The van der Waals surface area contributed by atoms with Crippen LogP contribution in [0.5, 0.6) is 0 Å². The van der Waals surface area contributed by atoms with Gasteiger partial charge in [-0.05, 0) is 31.6 Å². The zero-order valence-corrected chi connectivity index (χ0v) is 12.1. The van der Waals surface area contributed by atoms with Crippen LogP contribution in [-0.4, -0.2) is 9.46 Å². The maximum Gasteiger partial charge on any atom is 0.0557 e. The molecule has 0 amide bonds. The van der Waals surface area contributed by atoms with Crippen LogP contribution in [0.1, 0.15) is 58.8 Å². The molecular weight excluding hydrogens is 228 g/mol. The Kier molecular flexibility index (Phi) is 6.79. The number of allylic oxidation sites excluding steroid dienone is 2. The van der Waals surface area contributed by atoms with Crippen LogP contribution in [0.3, 0.4) is 0 Å². The van der Waals surface area contributed by atoms with Crippen molar-refractivity contribution in [3.63, 3.8) is 0 Å². The van der Waals surface area contributed by atoms with E-state index in [1.807, 2.05) is 0 Å². The summed E-state index contributed by atoms with van der Waals surface area (Å²) in [4.78, 5) is 0.970. The lowest BCUT2D eigenvalue weighted by molar-refractivity contribution is 0.506. The van der Waals surface area contributed by atoms with Gasteiger partial charge in [-0.2, -0.15) is 0 Å². The second-order valence-corrected chi connectivity index (χ2v) is 7.07. The fourth-order valence-corrected chi connectivity index (χ4v) is 3.87. The average Bonchev–Trinajstić information content (AvgIpc) is 2.34. The first-order chi connectivity index (χ1) is 8.15. The van der Waals surface area contributed by atoms with Crippen LogP contribution in [0.15, 0.2) is 23.6 Å². The molecule has 1 saturated carbocycles. The third-order valence-corrected chi connectivity index (χ3v) is 5.25. The summed E-state index contributed by atoms with van der Waals surface area (Å²) < 4.78 is 12.4. The molecule has 0 heterocycles. The van der Waals surface area contributed by atoms with Gasteiger partial charge in [0.05, 0.1) is 10.8 Å². The quantitative estimate of drug-likeness (QED) is 0.634. The van der Waals surface area contributed by atoms with E-state index in [-0.39, 0.29) is 0 Å². The summed E-state index contributed by atoms with van der Waals surface area (Å²) in [7, 11) is -0.816. The van der Waals surface area contributed by atoms with Gasteiger partial charge in [0.1, 0.15) is 0 Å². The van der Waals surface area contributed by atoms with Crippen molar-refractivity contribution in [1.29, 1.82) is 0 Å². The first kappa shape index (κ1) is 14.7. The minimum atomic E-state index is -0.816. The zero-order chi connectivity index (χ0) is 12.7. The number of hydrogen-bond acceptors (Lipinski definition) is 1. The smallest absolute Gasteiger partial charge is 0.0557 e. The van der Waals surface area contributed by atoms with Gasteiger partial charge < -0.3 is 0 Å². The topological polar surface area (TPSA) is 17.1 Å². The highest BCUT2D eigenvalue weighted by molar-refractivity contribution is 7.89. The van der Waals surface area contributed by atoms with Crippen molar-refractivity contribution in [1.82, 2.24) is 0 Å². The molecule has 0 aliphatic heterocycles. The van der Waals surface area contributed by atoms with Crippen LogP contribution in [0, 0.1) is 5.92 Å². The molecule has 1 aliphatic rings. The Bertz CT molecular complexity index is 285. The molecular formula is C15H26OS. The van der Waals surface area contributed by atoms with E-state index in [1.54, 1.807) is 6.08 Å². The van der Waals surface area contributed by atoms with E-state index in [2.05, 4.69) is 26.5 Å². The molecule has 0 radical (unpaired) electrons. The zero-order valence-electron chi connectivity index (χ0n) is 11.3. The molecule has 1 unspecified atom stereocenters. The fourth-order valence-electron chi connectivity index (χ4n) is 2.28. The van der Waals surface area contributed by atoms with Gasteiger partial charge in [0, 0.05) is 10.2 Å². The van der Waals surface area contributed by atoms with Crippen LogP contribution in [0.2, 0.25) is 0 Å². The van der Waals surface area contributed by atoms with Crippen molar-refractivity contribution in [2.45, 2.75) is 64.0 Å². The Labute approximate surface area is 109 Å².